The normalized spacial score (nSPS) is 25.7. The first-order chi connectivity index (χ1) is 7.06. The van der Waals surface area contributed by atoms with Gasteiger partial charge in [0.2, 0.25) is 0 Å². The van der Waals surface area contributed by atoms with Gasteiger partial charge in [-0.05, 0) is 0 Å². The maximum atomic E-state index is 2.54. The predicted molar refractivity (Wildman–Crippen MR) is 66.5 cm³/mol. The van der Waals surface area contributed by atoms with Gasteiger partial charge in [-0.2, -0.15) is 0 Å². The van der Waals surface area contributed by atoms with Crippen molar-refractivity contribution in [3.05, 3.63) is 23.3 Å². The predicted octanol–water partition coefficient (Wildman–Crippen LogP) is 4.59. The SMILES string of the molecule is C[Si](C)(C)[CH2][Ti][CH]1C=CC2=C1CCCC2. The van der Waals surface area contributed by atoms with Crippen molar-refractivity contribution in [3.63, 3.8) is 0 Å². The summed E-state index contributed by atoms with van der Waals surface area (Å²) in [6, 6.07) is 0. The Morgan fingerprint density at radius 3 is 2.73 bits per heavy atom. The van der Waals surface area contributed by atoms with Crippen LogP contribution in [0.5, 0.6) is 0 Å². The van der Waals surface area contributed by atoms with Gasteiger partial charge < -0.3 is 0 Å². The second-order valence-electron chi connectivity index (χ2n) is 6.04. The Morgan fingerprint density at radius 2 is 2.00 bits per heavy atom. The third-order valence-corrected chi connectivity index (χ3v) is 12.0. The zero-order valence-corrected chi connectivity index (χ0v) is 12.8. The average Bonchev–Trinajstić information content (AvgIpc) is 2.57. The third-order valence-electron chi connectivity index (χ3n) is 3.27. The van der Waals surface area contributed by atoms with Crippen molar-refractivity contribution in [2.75, 3.05) is 0 Å². The Kier molecular flexibility index (Phi) is 3.75. The number of allylic oxidation sites excluding steroid dienone is 4. The monoisotopic (exact) mass is 254 g/mol. The van der Waals surface area contributed by atoms with Crippen LogP contribution < -0.4 is 0 Å². The van der Waals surface area contributed by atoms with E-state index in [1.54, 1.807) is 9.92 Å². The van der Waals surface area contributed by atoms with Crippen molar-refractivity contribution in [2.45, 2.75) is 53.9 Å². The van der Waals surface area contributed by atoms with Crippen LogP contribution in [0.3, 0.4) is 0 Å². The maximum absolute atomic E-state index is 2.54. The minimum atomic E-state index is -0.782. The van der Waals surface area contributed by atoms with Crippen LogP contribution in [0.4, 0.5) is 0 Å². The summed E-state index contributed by atoms with van der Waals surface area (Å²) in [6.45, 7) is 7.56. The Hall–Kier alpha value is 0.411. The van der Waals surface area contributed by atoms with E-state index in [9.17, 15) is 0 Å². The van der Waals surface area contributed by atoms with E-state index in [0.717, 1.165) is 4.22 Å². The molecule has 0 saturated carbocycles. The quantitative estimate of drug-likeness (QED) is 0.646. The molecule has 0 saturated heterocycles. The Morgan fingerprint density at radius 1 is 1.27 bits per heavy atom. The molecule has 0 spiro atoms. The van der Waals surface area contributed by atoms with E-state index >= 15 is 0 Å². The molecule has 2 rings (SSSR count). The van der Waals surface area contributed by atoms with E-state index in [-0.39, 0.29) is 19.2 Å². The van der Waals surface area contributed by atoms with Gasteiger partial charge in [0, 0.05) is 0 Å². The van der Waals surface area contributed by atoms with Gasteiger partial charge in [0.05, 0.1) is 0 Å². The van der Waals surface area contributed by atoms with Crippen molar-refractivity contribution >= 4 is 8.07 Å². The summed E-state index contributed by atoms with van der Waals surface area (Å²) in [5.74, 6) is 0. The fourth-order valence-corrected chi connectivity index (χ4v) is 8.43. The number of rotatable bonds is 3. The van der Waals surface area contributed by atoms with E-state index in [1.807, 2.05) is 5.57 Å². The van der Waals surface area contributed by atoms with Crippen LogP contribution in [0.1, 0.15) is 25.7 Å². The summed E-state index contributed by atoms with van der Waals surface area (Å²) in [6.07, 6.45) is 10.7. The molecule has 0 N–H and O–H groups in total. The molecule has 0 nitrogen and oxygen atoms in total. The summed E-state index contributed by atoms with van der Waals surface area (Å²) in [5, 5.41) is 0. The molecule has 0 amide bonds. The molecule has 1 unspecified atom stereocenters. The molecule has 15 heavy (non-hydrogen) atoms. The zero-order valence-electron chi connectivity index (χ0n) is 10.3. The van der Waals surface area contributed by atoms with Gasteiger partial charge >= 0.3 is 104 Å². The van der Waals surface area contributed by atoms with Gasteiger partial charge in [0.15, 0.2) is 0 Å². The standard InChI is InChI=1S/C9H11.C4H11Si.Ti/c1-2-5-9-7-3-6-8(9)4-1;1-5(2,3)4;/h3,6-7H,1-2,4-5H2;1H2,2-4H3;. The molecule has 1 atom stereocenters. The summed E-state index contributed by atoms with van der Waals surface area (Å²) >= 11 is 0.264. The molecule has 0 heterocycles. The van der Waals surface area contributed by atoms with Gasteiger partial charge in [0.1, 0.15) is 0 Å². The fraction of sp³-hybridized carbons (Fsp3) is 0.692. The van der Waals surface area contributed by atoms with Crippen molar-refractivity contribution in [1.29, 1.82) is 0 Å². The molecular formula is C13H22SiTi. The van der Waals surface area contributed by atoms with Crippen molar-refractivity contribution in [3.8, 4) is 0 Å². The molecular weight excluding hydrogens is 232 g/mol. The third kappa shape index (κ3) is 3.18. The molecule has 0 aromatic rings. The van der Waals surface area contributed by atoms with Gasteiger partial charge in [-0.25, -0.2) is 0 Å². The van der Waals surface area contributed by atoms with E-state index in [0.29, 0.717) is 0 Å². The van der Waals surface area contributed by atoms with Crippen LogP contribution >= 0.6 is 0 Å². The minimum absolute atomic E-state index is 0.264. The Bertz CT molecular complexity index is 296. The molecule has 0 fully saturated rings. The molecule has 0 aliphatic heterocycles. The molecule has 0 radical (unpaired) electrons. The van der Waals surface area contributed by atoms with Crippen LogP contribution in [-0.2, 0) is 19.2 Å². The van der Waals surface area contributed by atoms with Gasteiger partial charge in [-0.3, -0.25) is 0 Å². The summed E-state index contributed by atoms with van der Waals surface area (Å²) in [7, 11) is -0.782. The van der Waals surface area contributed by atoms with E-state index in [2.05, 4.69) is 31.8 Å². The van der Waals surface area contributed by atoms with Gasteiger partial charge in [-0.1, -0.05) is 0 Å². The van der Waals surface area contributed by atoms with Crippen LogP contribution in [0, 0.1) is 0 Å². The van der Waals surface area contributed by atoms with Crippen LogP contribution in [0.2, 0.25) is 28.2 Å². The Balaban J connectivity index is 1.95. The number of hydrogen-bond acceptors (Lipinski definition) is 0. The first-order valence-electron chi connectivity index (χ1n) is 6.20. The van der Waals surface area contributed by atoms with Gasteiger partial charge in [0.25, 0.3) is 0 Å². The van der Waals surface area contributed by atoms with Crippen molar-refractivity contribution in [1.82, 2.24) is 0 Å². The molecule has 0 aromatic carbocycles. The second-order valence-corrected chi connectivity index (χ2v) is 14.8. The van der Waals surface area contributed by atoms with Crippen molar-refractivity contribution in [2.24, 2.45) is 0 Å². The van der Waals surface area contributed by atoms with E-state index in [1.165, 1.54) is 25.7 Å². The van der Waals surface area contributed by atoms with Crippen LogP contribution in [0.15, 0.2) is 23.3 Å². The average molecular weight is 254 g/mol. The van der Waals surface area contributed by atoms with Crippen LogP contribution in [-0.4, -0.2) is 8.07 Å². The first-order valence-corrected chi connectivity index (χ1v) is 11.9. The molecule has 2 aliphatic rings. The summed E-state index contributed by atoms with van der Waals surface area (Å²) in [5.41, 5.74) is 3.59. The molecule has 0 aromatic heterocycles. The number of hydrogen-bond donors (Lipinski definition) is 0. The molecule has 0 bridgehead atoms. The molecule has 82 valence electrons. The summed E-state index contributed by atoms with van der Waals surface area (Å²) < 4.78 is 2.56. The van der Waals surface area contributed by atoms with Crippen molar-refractivity contribution < 1.29 is 19.2 Å². The topological polar surface area (TPSA) is 0 Å². The van der Waals surface area contributed by atoms with E-state index < -0.39 is 8.07 Å². The van der Waals surface area contributed by atoms with E-state index in [4.69, 9.17) is 0 Å². The van der Waals surface area contributed by atoms with Gasteiger partial charge in [-0.15, -0.1) is 0 Å². The molecule has 2 aliphatic carbocycles. The second kappa shape index (κ2) is 4.73. The molecule has 2 heteroatoms. The Labute approximate surface area is 104 Å². The fourth-order valence-electron chi connectivity index (χ4n) is 2.43. The first kappa shape index (κ1) is 11.9. The van der Waals surface area contributed by atoms with Crippen LogP contribution in [0.25, 0.3) is 0 Å². The summed E-state index contributed by atoms with van der Waals surface area (Å²) in [4.78, 5) is 0. The zero-order chi connectivity index (χ0) is 10.9.